The first-order valence-corrected chi connectivity index (χ1v) is 9.99. The van der Waals surface area contributed by atoms with Crippen molar-refractivity contribution in [1.82, 2.24) is 29.7 Å². The number of aryl methyl sites for hydroxylation is 1. The van der Waals surface area contributed by atoms with Crippen LogP contribution in [-0.4, -0.2) is 29.7 Å². The molecule has 11 nitrogen and oxygen atoms in total. The zero-order valence-electron chi connectivity index (χ0n) is 16.8. The van der Waals surface area contributed by atoms with Crippen molar-refractivity contribution in [3.05, 3.63) is 55.8 Å². The summed E-state index contributed by atoms with van der Waals surface area (Å²) in [6.07, 6.45) is 1.50. The molecule has 0 bridgehead atoms. The molecular weight excluding hydrogens is 455 g/mol. The number of halogens is 2. The Labute approximate surface area is 191 Å². The monoisotopic (exact) mass is 470 g/mol. The van der Waals surface area contributed by atoms with Crippen molar-refractivity contribution >= 4 is 51.7 Å². The number of nitrogen functional groups attached to an aromatic ring is 2. The van der Waals surface area contributed by atoms with Gasteiger partial charge in [0.15, 0.2) is 5.82 Å². The Kier molecular flexibility index (Phi) is 5.33. The van der Waals surface area contributed by atoms with Crippen LogP contribution in [0.4, 0.5) is 17.6 Å². The number of fused-ring (bicyclic) bond motifs is 1. The van der Waals surface area contributed by atoms with E-state index < -0.39 is 11.6 Å². The van der Waals surface area contributed by atoms with Gasteiger partial charge in [-0.3, -0.25) is 14.5 Å². The van der Waals surface area contributed by atoms with Crippen molar-refractivity contribution in [1.29, 1.82) is 5.26 Å². The average Bonchev–Trinajstić information content (AvgIpc) is 3.15. The first kappa shape index (κ1) is 21.4. The number of nitriles is 1. The Morgan fingerprint density at radius 1 is 1.22 bits per heavy atom. The highest BCUT2D eigenvalue weighted by molar-refractivity contribution is 6.39. The lowest BCUT2D eigenvalue weighted by Gasteiger charge is -2.21. The molecule has 1 aromatic carbocycles. The molecule has 32 heavy (non-hydrogen) atoms. The molecule has 13 heteroatoms. The molecule has 0 aliphatic heterocycles. The third-order valence-electron chi connectivity index (χ3n) is 4.80. The average molecular weight is 471 g/mol. The first-order chi connectivity index (χ1) is 15.2. The van der Waals surface area contributed by atoms with Crippen LogP contribution in [0.5, 0.6) is 0 Å². The third-order valence-corrected chi connectivity index (χ3v) is 5.42. The number of aromatic amines is 1. The minimum atomic E-state index is -0.655. The quantitative estimate of drug-likeness (QED) is 0.348. The highest BCUT2D eigenvalue weighted by atomic mass is 35.5. The molecule has 0 aliphatic rings. The van der Waals surface area contributed by atoms with Crippen LogP contribution in [0.2, 0.25) is 10.0 Å². The van der Waals surface area contributed by atoms with Gasteiger partial charge in [0, 0.05) is 0 Å². The maximum atomic E-state index is 13.6. The van der Waals surface area contributed by atoms with E-state index in [0.29, 0.717) is 11.4 Å². The molecule has 0 radical (unpaired) electrons. The largest absolute Gasteiger partial charge is 0.382 e. The minimum Gasteiger partial charge on any atom is -0.382 e. The van der Waals surface area contributed by atoms with Crippen LogP contribution in [0.3, 0.4) is 0 Å². The van der Waals surface area contributed by atoms with Gasteiger partial charge in [-0.15, -0.1) is 0 Å². The standard InChI is InChI=1S/C19H16Cl2N10O/c1-7-12(6-25-30-7)31-17(27-14-11(21)4-3-10(20)13(14)18(31)32)8(2)26-16-9(5-22)15(23)28-19(24)29-16/h3-4,6,8H,1-2H3,(H,25,30)(H5,23,24,26,28,29)/t8-/m0/s1. The van der Waals surface area contributed by atoms with Gasteiger partial charge in [-0.2, -0.15) is 20.3 Å². The van der Waals surface area contributed by atoms with Crippen molar-refractivity contribution in [3.63, 3.8) is 0 Å². The molecule has 0 aliphatic carbocycles. The molecule has 4 aromatic rings. The summed E-state index contributed by atoms with van der Waals surface area (Å²) in [4.78, 5) is 26.1. The third kappa shape index (κ3) is 3.45. The van der Waals surface area contributed by atoms with Gasteiger partial charge in [-0.1, -0.05) is 23.2 Å². The summed E-state index contributed by atoms with van der Waals surface area (Å²) in [5.74, 6) is 0.197. The fourth-order valence-corrected chi connectivity index (χ4v) is 3.74. The van der Waals surface area contributed by atoms with E-state index in [2.05, 4.69) is 30.5 Å². The van der Waals surface area contributed by atoms with E-state index in [-0.39, 0.29) is 49.9 Å². The first-order valence-electron chi connectivity index (χ1n) is 9.23. The Morgan fingerprint density at radius 2 is 1.94 bits per heavy atom. The lowest BCUT2D eigenvalue weighted by molar-refractivity contribution is 0.729. The summed E-state index contributed by atoms with van der Waals surface area (Å²) in [5, 5.41) is 20.0. The summed E-state index contributed by atoms with van der Waals surface area (Å²) in [7, 11) is 0. The molecular formula is C19H16Cl2N10O. The Balaban J connectivity index is 1.98. The van der Waals surface area contributed by atoms with E-state index >= 15 is 0 Å². The number of nitrogens with two attached hydrogens (primary N) is 2. The van der Waals surface area contributed by atoms with Gasteiger partial charge in [0.2, 0.25) is 5.95 Å². The predicted octanol–water partition coefficient (Wildman–Crippen LogP) is 2.72. The lowest BCUT2D eigenvalue weighted by atomic mass is 10.2. The number of rotatable bonds is 4. The summed E-state index contributed by atoms with van der Waals surface area (Å²) < 4.78 is 1.38. The SMILES string of the molecule is Cc1[nH]ncc1-n1c([C@H](C)Nc2nc(N)nc(N)c2C#N)nc2c(Cl)ccc(Cl)c2c1=O. The predicted molar refractivity (Wildman–Crippen MR) is 122 cm³/mol. The normalized spacial score (nSPS) is 12.0. The van der Waals surface area contributed by atoms with Gasteiger partial charge in [0.25, 0.3) is 5.56 Å². The van der Waals surface area contributed by atoms with Gasteiger partial charge >= 0.3 is 0 Å². The second kappa shape index (κ2) is 7.99. The van der Waals surface area contributed by atoms with Crippen LogP contribution < -0.4 is 22.3 Å². The molecule has 3 aromatic heterocycles. The molecule has 6 N–H and O–H groups in total. The molecule has 0 fully saturated rings. The molecule has 3 heterocycles. The molecule has 0 saturated carbocycles. The van der Waals surface area contributed by atoms with Crippen molar-refractivity contribution < 1.29 is 0 Å². The number of nitrogens with one attached hydrogen (secondary N) is 2. The number of benzene rings is 1. The van der Waals surface area contributed by atoms with Crippen LogP contribution in [-0.2, 0) is 0 Å². The van der Waals surface area contributed by atoms with Gasteiger partial charge < -0.3 is 16.8 Å². The van der Waals surface area contributed by atoms with Crippen LogP contribution >= 0.6 is 23.2 Å². The van der Waals surface area contributed by atoms with Gasteiger partial charge in [0.1, 0.15) is 23.3 Å². The smallest absolute Gasteiger partial charge is 0.267 e. The molecule has 0 saturated heterocycles. The number of anilines is 3. The van der Waals surface area contributed by atoms with E-state index in [1.54, 1.807) is 19.9 Å². The van der Waals surface area contributed by atoms with Crippen molar-refractivity contribution in [2.45, 2.75) is 19.9 Å². The Bertz CT molecular complexity index is 1470. The van der Waals surface area contributed by atoms with E-state index in [4.69, 9.17) is 34.7 Å². The summed E-state index contributed by atoms with van der Waals surface area (Å²) in [6, 6.07) is 4.39. The number of hydrogen-bond donors (Lipinski definition) is 4. The molecule has 4 rings (SSSR count). The maximum absolute atomic E-state index is 13.6. The molecule has 0 unspecified atom stereocenters. The van der Waals surface area contributed by atoms with Crippen LogP contribution in [0.25, 0.3) is 16.6 Å². The number of hydrogen-bond acceptors (Lipinski definition) is 9. The Morgan fingerprint density at radius 3 is 2.59 bits per heavy atom. The number of H-pyrrole nitrogens is 1. The molecule has 0 amide bonds. The van der Waals surface area contributed by atoms with Crippen molar-refractivity contribution in [2.75, 3.05) is 16.8 Å². The van der Waals surface area contributed by atoms with Crippen LogP contribution in [0.15, 0.2) is 23.1 Å². The maximum Gasteiger partial charge on any atom is 0.267 e. The minimum absolute atomic E-state index is 0.0151. The molecule has 162 valence electrons. The number of nitrogens with zero attached hydrogens (tertiary/aromatic N) is 6. The van der Waals surface area contributed by atoms with Gasteiger partial charge in [-0.05, 0) is 26.0 Å². The van der Waals surface area contributed by atoms with Crippen LogP contribution in [0, 0.1) is 18.3 Å². The van der Waals surface area contributed by atoms with E-state index in [9.17, 15) is 10.1 Å². The second-order valence-electron chi connectivity index (χ2n) is 6.91. The topological polar surface area (TPSA) is 177 Å². The zero-order chi connectivity index (χ0) is 23.2. The molecule has 1 atom stereocenters. The van der Waals surface area contributed by atoms with E-state index in [1.807, 2.05) is 6.07 Å². The van der Waals surface area contributed by atoms with Crippen molar-refractivity contribution in [2.24, 2.45) is 0 Å². The summed E-state index contributed by atoms with van der Waals surface area (Å²) >= 11 is 12.6. The zero-order valence-corrected chi connectivity index (χ0v) is 18.3. The van der Waals surface area contributed by atoms with E-state index in [0.717, 1.165) is 0 Å². The summed E-state index contributed by atoms with van der Waals surface area (Å²) in [6.45, 7) is 3.49. The second-order valence-corrected chi connectivity index (χ2v) is 7.73. The fraction of sp³-hybridized carbons (Fsp3) is 0.158. The fourth-order valence-electron chi connectivity index (χ4n) is 3.31. The van der Waals surface area contributed by atoms with Gasteiger partial charge in [0.05, 0.1) is 44.6 Å². The number of aromatic nitrogens is 6. The molecule has 0 spiro atoms. The van der Waals surface area contributed by atoms with Gasteiger partial charge in [-0.25, -0.2) is 4.98 Å². The lowest BCUT2D eigenvalue weighted by Crippen LogP contribution is -2.28. The van der Waals surface area contributed by atoms with Crippen LogP contribution in [0.1, 0.15) is 30.0 Å². The highest BCUT2D eigenvalue weighted by Gasteiger charge is 2.24. The summed E-state index contributed by atoms with van der Waals surface area (Å²) in [5.41, 5.74) is 12.4. The van der Waals surface area contributed by atoms with E-state index in [1.165, 1.54) is 16.8 Å². The highest BCUT2D eigenvalue weighted by Crippen LogP contribution is 2.30. The van der Waals surface area contributed by atoms with Crippen molar-refractivity contribution in [3.8, 4) is 11.8 Å². The Hall–Kier alpha value is -3.88.